The summed E-state index contributed by atoms with van der Waals surface area (Å²) >= 11 is 0. The van der Waals surface area contributed by atoms with Crippen LogP contribution in [0.5, 0.6) is 5.75 Å². The van der Waals surface area contributed by atoms with Crippen LogP contribution in [0.4, 0.5) is 4.79 Å². The Labute approximate surface area is 131 Å². The Morgan fingerprint density at radius 1 is 1.14 bits per heavy atom. The number of hydrogen-bond acceptors (Lipinski definition) is 2. The summed E-state index contributed by atoms with van der Waals surface area (Å²) in [7, 11) is 0. The smallest absolute Gasteiger partial charge is 0.410 e. The van der Waals surface area contributed by atoms with Crippen molar-refractivity contribution in [2.75, 3.05) is 0 Å². The molecule has 0 fully saturated rings. The van der Waals surface area contributed by atoms with Crippen LogP contribution in [0.2, 0.25) is 0 Å². The van der Waals surface area contributed by atoms with Crippen molar-refractivity contribution in [3.8, 4) is 5.75 Å². The lowest BCUT2D eigenvalue weighted by Gasteiger charge is -2.12. The van der Waals surface area contributed by atoms with E-state index in [-0.39, 0.29) is 0 Å². The lowest BCUT2D eigenvalue weighted by Crippen LogP contribution is -2.26. The van der Waals surface area contributed by atoms with Gasteiger partial charge in [-0.2, -0.15) is 0 Å². The van der Waals surface area contributed by atoms with Crippen molar-refractivity contribution >= 4 is 12.2 Å². The molecule has 22 heavy (non-hydrogen) atoms. The Hall–Kier alpha value is -2.55. The van der Waals surface area contributed by atoms with Gasteiger partial charge in [0.05, 0.1) is 0 Å². The molecule has 0 radical (unpaired) electrons. The minimum atomic E-state index is -0.442. The quantitative estimate of drug-likeness (QED) is 0.899. The fourth-order valence-corrected chi connectivity index (χ4v) is 2.40. The van der Waals surface area contributed by atoms with Crippen LogP contribution in [-0.2, 0) is 6.54 Å². The summed E-state index contributed by atoms with van der Waals surface area (Å²) in [5, 5.41) is 2.77. The summed E-state index contributed by atoms with van der Waals surface area (Å²) in [6.07, 6.45) is 1.34. The molecule has 1 amide bonds. The van der Waals surface area contributed by atoms with Crippen LogP contribution in [0.15, 0.2) is 43.0 Å². The third-order valence-electron chi connectivity index (χ3n) is 3.45. The number of hydrogen-bond donors (Lipinski definition) is 1. The number of nitrogens with one attached hydrogen (secondary N) is 1. The van der Waals surface area contributed by atoms with Gasteiger partial charge in [0, 0.05) is 6.54 Å². The van der Waals surface area contributed by atoms with Gasteiger partial charge < -0.3 is 10.1 Å². The Kier molecular flexibility index (Phi) is 4.99. The molecule has 0 bridgehead atoms. The number of amides is 1. The van der Waals surface area contributed by atoms with Gasteiger partial charge in [0.2, 0.25) is 0 Å². The number of carbonyl (C=O) groups is 1. The molecule has 1 N–H and O–H groups in total. The van der Waals surface area contributed by atoms with Gasteiger partial charge in [-0.15, -0.1) is 0 Å². The van der Waals surface area contributed by atoms with Crippen LogP contribution in [-0.4, -0.2) is 6.09 Å². The standard InChI is InChI=1S/C19H21NO2/c1-5-16-6-8-17(9-7-16)12-20-19(21)22-18-14(3)10-13(2)11-15(18)4/h5-11H,1,12H2,2-4H3,(H,20,21). The molecule has 0 aliphatic heterocycles. The van der Waals surface area contributed by atoms with E-state index in [1.54, 1.807) is 6.08 Å². The van der Waals surface area contributed by atoms with E-state index in [1.165, 1.54) is 0 Å². The van der Waals surface area contributed by atoms with Gasteiger partial charge in [-0.1, -0.05) is 54.6 Å². The third kappa shape index (κ3) is 3.98. The second-order valence-electron chi connectivity index (χ2n) is 5.42. The first-order valence-electron chi connectivity index (χ1n) is 7.24. The van der Waals surface area contributed by atoms with E-state index in [1.807, 2.05) is 57.2 Å². The van der Waals surface area contributed by atoms with Crippen molar-refractivity contribution in [3.63, 3.8) is 0 Å². The van der Waals surface area contributed by atoms with Crippen molar-refractivity contribution < 1.29 is 9.53 Å². The summed E-state index contributed by atoms with van der Waals surface area (Å²) < 4.78 is 5.43. The molecule has 0 heterocycles. The lowest BCUT2D eigenvalue weighted by atomic mass is 10.1. The highest BCUT2D eigenvalue weighted by Crippen LogP contribution is 2.24. The van der Waals surface area contributed by atoms with Gasteiger partial charge >= 0.3 is 6.09 Å². The molecule has 2 aromatic rings. The molecule has 0 aliphatic rings. The summed E-state index contributed by atoms with van der Waals surface area (Å²) in [6, 6.07) is 11.8. The molecule has 0 atom stereocenters. The molecule has 2 aromatic carbocycles. The van der Waals surface area contributed by atoms with Crippen molar-refractivity contribution in [1.29, 1.82) is 0 Å². The number of ether oxygens (including phenoxy) is 1. The van der Waals surface area contributed by atoms with E-state index in [2.05, 4.69) is 11.9 Å². The molecule has 114 valence electrons. The largest absolute Gasteiger partial charge is 0.412 e. The highest BCUT2D eigenvalue weighted by atomic mass is 16.6. The molecule has 3 heteroatoms. The molecular formula is C19H21NO2. The number of aryl methyl sites for hydroxylation is 3. The molecule has 0 saturated carbocycles. The van der Waals surface area contributed by atoms with Gasteiger partial charge in [-0.25, -0.2) is 4.79 Å². The minimum Gasteiger partial charge on any atom is -0.410 e. The van der Waals surface area contributed by atoms with E-state index < -0.39 is 6.09 Å². The predicted molar refractivity (Wildman–Crippen MR) is 90.0 cm³/mol. The predicted octanol–water partition coefficient (Wildman–Crippen LogP) is 4.54. The van der Waals surface area contributed by atoms with Gasteiger partial charge in [0.15, 0.2) is 0 Å². The van der Waals surface area contributed by atoms with Gasteiger partial charge in [0.25, 0.3) is 0 Å². The van der Waals surface area contributed by atoms with E-state index >= 15 is 0 Å². The normalized spacial score (nSPS) is 10.1. The van der Waals surface area contributed by atoms with Gasteiger partial charge in [-0.05, 0) is 43.0 Å². The van der Waals surface area contributed by atoms with Crippen molar-refractivity contribution in [3.05, 3.63) is 70.8 Å². The zero-order valence-electron chi connectivity index (χ0n) is 13.3. The number of carbonyl (C=O) groups excluding carboxylic acids is 1. The SMILES string of the molecule is C=Cc1ccc(CNC(=O)Oc2c(C)cc(C)cc2C)cc1. The molecular weight excluding hydrogens is 274 g/mol. The van der Waals surface area contributed by atoms with E-state index in [4.69, 9.17) is 4.74 Å². The summed E-state index contributed by atoms with van der Waals surface area (Å²) in [5.74, 6) is 0.630. The van der Waals surface area contributed by atoms with E-state index in [0.29, 0.717) is 12.3 Å². The van der Waals surface area contributed by atoms with E-state index in [9.17, 15) is 4.79 Å². The second kappa shape index (κ2) is 6.94. The topological polar surface area (TPSA) is 38.3 Å². The molecule has 0 aromatic heterocycles. The van der Waals surface area contributed by atoms with Crippen LogP contribution in [0.3, 0.4) is 0 Å². The highest BCUT2D eigenvalue weighted by Gasteiger charge is 2.10. The Morgan fingerprint density at radius 3 is 2.27 bits per heavy atom. The van der Waals surface area contributed by atoms with Crippen LogP contribution >= 0.6 is 0 Å². The van der Waals surface area contributed by atoms with Crippen LogP contribution in [0, 0.1) is 20.8 Å². The van der Waals surface area contributed by atoms with Crippen LogP contribution in [0.25, 0.3) is 6.08 Å². The maximum absolute atomic E-state index is 11.9. The fraction of sp³-hybridized carbons (Fsp3) is 0.211. The fourth-order valence-electron chi connectivity index (χ4n) is 2.40. The van der Waals surface area contributed by atoms with Crippen molar-refractivity contribution in [1.82, 2.24) is 5.32 Å². The monoisotopic (exact) mass is 295 g/mol. The minimum absolute atomic E-state index is 0.431. The summed E-state index contributed by atoms with van der Waals surface area (Å²) in [5.41, 5.74) is 5.15. The number of rotatable bonds is 4. The Morgan fingerprint density at radius 2 is 1.73 bits per heavy atom. The molecule has 0 saturated heterocycles. The lowest BCUT2D eigenvalue weighted by molar-refractivity contribution is 0.199. The van der Waals surface area contributed by atoms with Crippen LogP contribution < -0.4 is 10.1 Å². The summed E-state index contributed by atoms with van der Waals surface area (Å²) in [4.78, 5) is 11.9. The molecule has 3 nitrogen and oxygen atoms in total. The molecule has 0 spiro atoms. The zero-order chi connectivity index (χ0) is 16.1. The molecule has 0 aliphatic carbocycles. The Balaban J connectivity index is 1.97. The number of benzene rings is 2. The highest BCUT2D eigenvalue weighted by molar-refractivity contribution is 5.71. The first-order valence-corrected chi connectivity index (χ1v) is 7.24. The van der Waals surface area contributed by atoms with E-state index in [0.717, 1.165) is 27.8 Å². The van der Waals surface area contributed by atoms with Crippen molar-refractivity contribution in [2.24, 2.45) is 0 Å². The Bertz CT molecular complexity index is 664. The molecule has 2 rings (SSSR count). The third-order valence-corrected chi connectivity index (χ3v) is 3.45. The summed E-state index contributed by atoms with van der Waals surface area (Å²) in [6.45, 7) is 10.1. The average Bonchev–Trinajstić information content (AvgIpc) is 2.49. The first kappa shape index (κ1) is 15.8. The second-order valence-corrected chi connectivity index (χ2v) is 5.42. The average molecular weight is 295 g/mol. The van der Waals surface area contributed by atoms with Gasteiger partial charge in [-0.3, -0.25) is 0 Å². The maximum atomic E-state index is 11.9. The van der Waals surface area contributed by atoms with Gasteiger partial charge in [0.1, 0.15) is 5.75 Å². The maximum Gasteiger partial charge on any atom is 0.412 e. The van der Waals surface area contributed by atoms with Crippen molar-refractivity contribution in [2.45, 2.75) is 27.3 Å². The van der Waals surface area contributed by atoms with Crippen LogP contribution in [0.1, 0.15) is 27.8 Å². The molecule has 0 unspecified atom stereocenters. The first-order chi connectivity index (χ1) is 10.5. The zero-order valence-corrected chi connectivity index (χ0v) is 13.3.